The third-order valence-corrected chi connectivity index (χ3v) is 3.59. The summed E-state index contributed by atoms with van der Waals surface area (Å²) in [6.45, 7) is 2.00. The van der Waals surface area contributed by atoms with Gasteiger partial charge in [-0.15, -0.1) is 10.2 Å². The van der Waals surface area contributed by atoms with E-state index in [4.69, 9.17) is 10.00 Å². The standard InChI is InChI=1S/C15H14N4O2S/c1-2-14-18-19-15(22-14)17-13(20)8-5-11-3-6-12(7-4-11)21-10-9-16/h3-8H,2,10H2,1H3,(H,17,19,20). The van der Waals surface area contributed by atoms with Gasteiger partial charge in [0.2, 0.25) is 11.0 Å². The molecule has 2 rings (SSSR count). The molecule has 22 heavy (non-hydrogen) atoms. The Hall–Kier alpha value is -2.72. The van der Waals surface area contributed by atoms with Gasteiger partial charge < -0.3 is 4.74 Å². The monoisotopic (exact) mass is 314 g/mol. The van der Waals surface area contributed by atoms with E-state index >= 15 is 0 Å². The molecule has 7 heteroatoms. The van der Waals surface area contributed by atoms with E-state index in [1.807, 2.05) is 13.0 Å². The summed E-state index contributed by atoms with van der Waals surface area (Å²) in [5, 5.41) is 20.3. The van der Waals surface area contributed by atoms with Crippen LogP contribution < -0.4 is 10.1 Å². The molecule has 0 saturated carbocycles. The number of carbonyl (C=O) groups excluding carboxylic acids is 1. The highest BCUT2D eigenvalue weighted by Crippen LogP contribution is 2.16. The maximum absolute atomic E-state index is 11.8. The summed E-state index contributed by atoms with van der Waals surface area (Å²) in [7, 11) is 0. The zero-order chi connectivity index (χ0) is 15.8. The lowest BCUT2D eigenvalue weighted by molar-refractivity contribution is -0.111. The van der Waals surface area contributed by atoms with Crippen LogP contribution in [0.25, 0.3) is 6.08 Å². The van der Waals surface area contributed by atoms with Gasteiger partial charge in [-0.25, -0.2) is 0 Å². The number of nitriles is 1. The molecule has 0 spiro atoms. The molecular weight excluding hydrogens is 300 g/mol. The first-order valence-corrected chi connectivity index (χ1v) is 7.44. The molecule has 6 nitrogen and oxygen atoms in total. The fourth-order valence-electron chi connectivity index (χ4n) is 1.56. The molecule has 0 aliphatic heterocycles. The molecule has 2 aromatic rings. The van der Waals surface area contributed by atoms with Crippen molar-refractivity contribution in [3.05, 3.63) is 40.9 Å². The number of rotatable bonds is 6. The van der Waals surface area contributed by atoms with Crippen LogP contribution in [0.15, 0.2) is 30.3 Å². The van der Waals surface area contributed by atoms with E-state index in [9.17, 15) is 4.79 Å². The van der Waals surface area contributed by atoms with Gasteiger partial charge in [-0.3, -0.25) is 10.1 Å². The van der Waals surface area contributed by atoms with Crippen LogP contribution in [-0.2, 0) is 11.2 Å². The number of aromatic nitrogens is 2. The third-order valence-electron chi connectivity index (χ3n) is 2.61. The van der Waals surface area contributed by atoms with E-state index in [1.165, 1.54) is 17.4 Å². The molecule has 0 aliphatic carbocycles. The first-order chi connectivity index (χ1) is 10.7. The van der Waals surface area contributed by atoms with Crippen LogP contribution in [0.1, 0.15) is 17.5 Å². The lowest BCUT2D eigenvalue weighted by atomic mass is 10.2. The molecule has 1 heterocycles. The molecule has 1 aromatic heterocycles. The van der Waals surface area contributed by atoms with Crippen LogP contribution in [0.5, 0.6) is 5.75 Å². The molecule has 0 bridgehead atoms. The van der Waals surface area contributed by atoms with E-state index in [2.05, 4.69) is 15.5 Å². The first kappa shape index (κ1) is 15.7. The summed E-state index contributed by atoms with van der Waals surface area (Å²) in [6, 6.07) is 8.99. The van der Waals surface area contributed by atoms with Crippen molar-refractivity contribution in [3.8, 4) is 11.8 Å². The van der Waals surface area contributed by atoms with Crippen LogP contribution >= 0.6 is 11.3 Å². The highest BCUT2D eigenvalue weighted by molar-refractivity contribution is 7.15. The predicted molar refractivity (Wildman–Crippen MR) is 84.5 cm³/mol. The zero-order valence-corrected chi connectivity index (χ0v) is 12.8. The van der Waals surface area contributed by atoms with Gasteiger partial charge in [0.1, 0.15) is 16.8 Å². The quantitative estimate of drug-likeness (QED) is 0.828. The minimum absolute atomic E-state index is 0.0131. The molecular formula is C15H14N4O2S. The minimum Gasteiger partial charge on any atom is -0.479 e. The number of carbonyl (C=O) groups is 1. The number of amides is 1. The number of benzene rings is 1. The molecule has 1 N–H and O–H groups in total. The number of nitrogens with zero attached hydrogens (tertiary/aromatic N) is 3. The van der Waals surface area contributed by atoms with Gasteiger partial charge in [0.15, 0.2) is 6.61 Å². The molecule has 0 saturated heterocycles. The Bertz CT molecular complexity index is 701. The second kappa shape index (κ2) is 7.90. The predicted octanol–water partition coefficient (Wildman–Crippen LogP) is 2.65. The molecule has 0 atom stereocenters. The Kier molecular flexibility index (Phi) is 5.63. The summed E-state index contributed by atoms with van der Waals surface area (Å²) >= 11 is 1.36. The topological polar surface area (TPSA) is 87.9 Å². The molecule has 0 aliphatic rings. The van der Waals surface area contributed by atoms with Crippen molar-refractivity contribution in [1.82, 2.24) is 10.2 Å². The van der Waals surface area contributed by atoms with E-state index in [-0.39, 0.29) is 12.5 Å². The number of ether oxygens (including phenoxy) is 1. The van der Waals surface area contributed by atoms with Gasteiger partial charge in [-0.1, -0.05) is 30.4 Å². The number of hydrogen-bond acceptors (Lipinski definition) is 6. The normalized spacial score (nSPS) is 10.4. The lowest BCUT2D eigenvalue weighted by Crippen LogP contribution is -2.07. The van der Waals surface area contributed by atoms with Crippen LogP contribution in [0.4, 0.5) is 5.13 Å². The zero-order valence-electron chi connectivity index (χ0n) is 11.9. The SMILES string of the molecule is CCc1nnc(NC(=O)C=Cc2ccc(OCC#N)cc2)s1. The highest BCUT2D eigenvalue weighted by Gasteiger charge is 2.04. The van der Waals surface area contributed by atoms with E-state index in [0.717, 1.165) is 17.0 Å². The van der Waals surface area contributed by atoms with Gasteiger partial charge >= 0.3 is 0 Å². The van der Waals surface area contributed by atoms with E-state index in [1.54, 1.807) is 30.3 Å². The number of nitrogens with one attached hydrogen (secondary N) is 1. The van der Waals surface area contributed by atoms with Crippen molar-refractivity contribution in [1.29, 1.82) is 5.26 Å². The molecule has 1 amide bonds. The summed E-state index contributed by atoms with van der Waals surface area (Å²) in [5.74, 6) is 0.354. The molecule has 112 valence electrons. The first-order valence-electron chi connectivity index (χ1n) is 6.62. The molecule has 0 fully saturated rings. The van der Waals surface area contributed by atoms with Gasteiger partial charge in [0.25, 0.3) is 0 Å². The fourth-order valence-corrected chi connectivity index (χ4v) is 2.24. The Labute approximate surface area is 132 Å². The summed E-state index contributed by atoms with van der Waals surface area (Å²) in [4.78, 5) is 11.8. The van der Waals surface area contributed by atoms with Gasteiger partial charge in [0, 0.05) is 6.08 Å². The maximum atomic E-state index is 11.8. The van der Waals surface area contributed by atoms with Crippen LogP contribution in [0.2, 0.25) is 0 Å². The van der Waals surface area contributed by atoms with Gasteiger partial charge in [-0.05, 0) is 30.2 Å². The van der Waals surface area contributed by atoms with Crippen molar-refractivity contribution in [2.24, 2.45) is 0 Å². The Morgan fingerprint density at radius 2 is 2.18 bits per heavy atom. The van der Waals surface area contributed by atoms with Crippen LogP contribution in [0.3, 0.4) is 0 Å². The number of hydrogen-bond donors (Lipinski definition) is 1. The fraction of sp³-hybridized carbons (Fsp3) is 0.200. The maximum Gasteiger partial charge on any atom is 0.250 e. The van der Waals surface area contributed by atoms with Crippen molar-refractivity contribution < 1.29 is 9.53 Å². The van der Waals surface area contributed by atoms with E-state index in [0.29, 0.717) is 10.9 Å². The van der Waals surface area contributed by atoms with Crippen molar-refractivity contribution >= 4 is 28.5 Å². The molecule has 0 radical (unpaired) electrons. The number of aryl methyl sites for hydroxylation is 1. The van der Waals surface area contributed by atoms with Gasteiger partial charge in [0.05, 0.1) is 0 Å². The summed E-state index contributed by atoms with van der Waals surface area (Å²) in [6.07, 6.45) is 3.91. The van der Waals surface area contributed by atoms with Gasteiger partial charge in [-0.2, -0.15) is 5.26 Å². The molecule has 1 aromatic carbocycles. The van der Waals surface area contributed by atoms with Crippen molar-refractivity contribution in [2.45, 2.75) is 13.3 Å². The van der Waals surface area contributed by atoms with Crippen LogP contribution in [-0.4, -0.2) is 22.7 Å². The van der Waals surface area contributed by atoms with E-state index < -0.39 is 0 Å². The smallest absolute Gasteiger partial charge is 0.250 e. The van der Waals surface area contributed by atoms with Crippen molar-refractivity contribution in [3.63, 3.8) is 0 Å². The second-order valence-corrected chi connectivity index (χ2v) is 5.25. The average molecular weight is 314 g/mol. The summed E-state index contributed by atoms with van der Waals surface area (Å²) in [5.41, 5.74) is 0.853. The summed E-state index contributed by atoms with van der Waals surface area (Å²) < 4.78 is 5.15. The minimum atomic E-state index is -0.261. The largest absolute Gasteiger partial charge is 0.479 e. The Balaban J connectivity index is 1.90. The third kappa shape index (κ3) is 4.68. The average Bonchev–Trinajstić information content (AvgIpc) is 2.99. The Morgan fingerprint density at radius 1 is 1.41 bits per heavy atom. The second-order valence-electron chi connectivity index (χ2n) is 4.19. The lowest BCUT2D eigenvalue weighted by Gasteiger charge is -2.01. The van der Waals surface area contributed by atoms with Crippen molar-refractivity contribution in [2.75, 3.05) is 11.9 Å². The highest BCUT2D eigenvalue weighted by atomic mass is 32.1. The molecule has 0 unspecified atom stereocenters. The number of anilines is 1. The van der Waals surface area contributed by atoms with Crippen LogP contribution in [0, 0.1) is 11.3 Å². The Morgan fingerprint density at radius 3 is 2.82 bits per heavy atom.